The van der Waals surface area contributed by atoms with Crippen molar-refractivity contribution in [2.45, 2.75) is 6.61 Å². The van der Waals surface area contributed by atoms with Crippen LogP contribution in [0, 0.1) is 0 Å². The predicted molar refractivity (Wildman–Crippen MR) is 113 cm³/mol. The van der Waals surface area contributed by atoms with Gasteiger partial charge in [0.15, 0.2) is 5.11 Å². The van der Waals surface area contributed by atoms with Crippen molar-refractivity contribution in [3.63, 3.8) is 0 Å². The number of carbonyl (C=O) groups excluding carboxylic acids is 1. The molecule has 29 heavy (non-hydrogen) atoms. The molecule has 0 unspecified atom stereocenters. The summed E-state index contributed by atoms with van der Waals surface area (Å²) in [5, 5.41) is 14.9. The van der Waals surface area contributed by atoms with E-state index in [9.17, 15) is 4.79 Å². The molecule has 0 saturated carbocycles. The highest BCUT2D eigenvalue weighted by molar-refractivity contribution is 7.80. The lowest BCUT2D eigenvalue weighted by atomic mass is 10.1. The topological polar surface area (TPSA) is 93.0 Å². The molecule has 3 aromatic rings. The number of ether oxygens (including phenoxy) is 2. The van der Waals surface area contributed by atoms with Gasteiger partial charge in [-0.2, -0.15) is 0 Å². The van der Waals surface area contributed by atoms with Gasteiger partial charge < -0.3 is 24.3 Å². The van der Waals surface area contributed by atoms with Gasteiger partial charge in [-0.25, -0.2) is 0 Å². The van der Waals surface area contributed by atoms with E-state index in [4.69, 9.17) is 31.2 Å². The number of anilines is 1. The number of nitrogens with one attached hydrogen (secondary N) is 2. The fourth-order valence-electron chi connectivity index (χ4n) is 2.69. The van der Waals surface area contributed by atoms with Crippen molar-refractivity contribution in [1.82, 2.24) is 5.32 Å². The van der Waals surface area contributed by atoms with Gasteiger partial charge in [0.1, 0.15) is 29.6 Å². The maximum atomic E-state index is 12.6. The fraction of sp³-hybridized carbons (Fsp3) is 0.143. The first-order valence-electron chi connectivity index (χ1n) is 8.68. The van der Waals surface area contributed by atoms with Crippen molar-refractivity contribution in [2.24, 2.45) is 0 Å². The van der Waals surface area contributed by atoms with Gasteiger partial charge in [0, 0.05) is 17.3 Å². The minimum atomic E-state index is -0.406. The van der Waals surface area contributed by atoms with Crippen LogP contribution in [0.4, 0.5) is 5.69 Å². The van der Waals surface area contributed by atoms with Crippen LogP contribution in [0.1, 0.15) is 16.1 Å². The van der Waals surface area contributed by atoms with Gasteiger partial charge in [-0.1, -0.05) is 12.1 Å². The van der Waals surface area contributed by atoms with Crippen LogP contribution in [0.5, 0.6) is 11.5 Å². The number of aliphatic hydroxyl groups excluding tert-OH is 1. The van der Waals surface area contributed by atoms with Crippen molar-refractivity contribution < 1.29 is 23.8 Å². The molecule has 2 aromatic carbocycles. The van der Waals surface area contributed by atoms with E-state index < -0.39 is 5.91 Å². The smallest absolute Gasteiger partial charge is 0.261 e. The summed E-state index contributed by atoms with van der Waals surface area (Å²) in [6.45, 7) is -0.164. The number of furan rings is 1. The van der Waals surface area contributed by atoms with E-state index in [-0.39, 0.29) is 11.7 Å². The van der Waals surface area contributed by atoms with Gasteiger partial charge in [0.25, 0.3) is 5.91 Å². The summed E-state index contributed by atoms with van der Waals surface area (Å²) < 4.78 is 15.9. The number of methoxy groups -OCH3 is 2. The van der Waals surface area contributed by atoms with Crippen LogP contribution < -0.4 is 20.1 Å². The Kier molecular flexibility index (Phi) is 6.48. The quantitative estimate of drug-likeness (QED) is 0.533. The number of benzene rings is 2. The third-order valence-corrected chi connectivity index (χ3v) is 4.31. The summed E-state index contributed by atoms with van der Waals surface area (Å²) in [4.78, 5) is 12.6. The molecule has 0 fully saturated rings. The number of aliphatic hydroxyl groups is 1. The minimum Gasteiger partial charge on any atom is -0.497 e. The van der Waals surface area contributed by atoms with Crippen LogP contribution in [-0.4, -0.2) is 30.3 Å². The maximum absolute atomic E-state index is 12.6. The minimum absolute atomic E-state index is 0.139. The second-order valence-corrected chi connectivity index (χ2v) is 6.39. The molecule has 3 rings (SSSR count). The van der Waals surface area contributed by atoms with Crippen molar-refractivity contribution in [3.05, 3.63) is 65.9 Å². The molecule has 0 atom stereocenters. The number of hydrogen-bond acceptors (Lipinski definition) is 6. The number of thiocarbonyl (C=S) groups is 1. The van der Waals surface area contributed by atoms with Gasteiger partial charge in [-0.05, 0) is 48.6 Å². The molecule has 0 radical (unpaired) electrons. The number of carbonyl (C=O) groups is 1. The van der Waals surface area contributed by atoms with E-state index in [0.29, 0.717) is 34.3 Å². The molecule has 0 bridgehead atoms. The summed E-state index contributed by atoms with van der Waals surface area (Å²) in [6.07, 6.45) is 0. The highest BCUT2D eigenvalue weighted by atomic mass is 32.1. The molecular formula is C21H20N2O5S. The van der Waals surface area contributed by atoms with Crippen LogP contribution in [0.2, 0.25) is 0 Å². The first-order chi connectivity index (χ1) is 14.0. The number of rotatable bonds is 6. The fourth-order valence-corrected chi connectivity index (χ4v) is 2.90. The normalized spacial score (nSPS) is 10.3. The Morgan fingerprint density at radius 1 is 1.10 bits per heavy atom. The third-order valence-electron chi connectivity index (χ3n) is 4.10. The van der Waals surface area contributed by atoms with Crippen molar-refractivity contribution in [2.75, 3.05) is 19.5 Å². The Labute approximate surface area is 173 Å². The lowest BCUT2D eigenvalue weighted by molar-refractivity contribution is 0.0974. The molecule has 0 aliphatic carbocycles. The molecule has 3 N–H and O–H groups in total. The lowest BCUT2D eigenvalue weighted by Gasteiger charge is -2.13. The molecule has 1 amide bonds. The zero-order valence-corrected chi connectivity index (χ0v) is 16.7. The maximum Gasteiger partial charge on any atom is 0.261 e. The molecule has 0 aliphatic heterocycles. The van der Waals surface area contributed by atoms with E-state index in [0.717, 1.165) is 5.56 Å². The Hall–Kier alpha value is -3.36. The molecule has 1 aromatic heterocycles. The molecule has 7 nitrogen and oxygen atoms in total. The zero-order chi connectivity index (χ0) is 20.8. The number of hydrogen-bond donors (Lipinski definition) is 3. The van der Waals surface area contributed by atoms with Crippen LogP contribution >= 0.6 is 12.2 Å². The second-order valence-electron chi connectivity index (χ2n) is 5.98. The van der Waals surface area contributed by atoms with Gasteiger partial charge in [-0.3, -0.25) is 10.1 Å². The van der Waals surface area contributed by atoms with Gasteiger partial charge in [0.05, 0.1) is 19.8 Å². The first-order valence-corrected chi connectivity index (χ1v) is 9.09. The SMILES string of the molecule is COc1ccc(C(=O)NC(=S)Nc2cccc(-c3ccc(CO)o3)c2)c(OC)c1. The monoisotopic (exact) mass is 412 g/mol. The van der Waals surface area contributed by atoms with Crippen molar-refractivity contribution >= 4 is 28.9 Å². The van der Waals surface area contributed by atoms with E-state index in [2.05, 4.69) is 10.6 Å². The van der Waals surface area contributed by atoms with Crippen LogP contribution in [0.15, 0.2) is 59.0 Å². The summed E-state index contributed by atoms with van der Waals surface area (Å²) in [5.74, 6) is 1.66. The van der Waals surface area contributed by atoms with Crippen molar-refractivity contribution in [3.8, 4) is 22.8 Å². The van der Waals surface area contributed by atoms with E-state index in [1.54, 1.807) is 30.3 Å². The molecule has 150 valence electrons. The third kappa shape index (κ3) is 4.92. The standard InChI is InChI=1S/C21H20N2O5S/c1-26-15-6-8-17(19(11-15)27-2)20(25)23-21(29)22-14-5-3-4-13(10-14)18-9-7-16(12-24)28-18/h3-11,24H,12H2,1-2H3,(H2,22,23,25,29). The Morgan fingerprint density at radius 3 is 2.62 bits per heavy atom. The van der Waals surface area contributed by atoms with Crippen LogP contribution in [0.25, 0.3) is 11.3 Å². The number of amides is 1. The van der Waals surface area contributed by atoms with Gasteiger partial charge in [-0.15, -0.1) is 0 Å². The van der Waals surface area contributed by atoms with E-state index in [1.165, 1.54) is 14.2 Å². The van der Waals surface area contributed by atoms with Crippen LogP contribution in [0.3, 0.4) is 0 Å². The first kappa shape index (κ1) is 20.4. The van der Waals surface area contributed by atoms with Crippen molar-refractivity contribution in [1.29, 1.82) is 0 Å². The molecule has 0 aliphatic rings. The van der Waals surface area contributed by atoms with E-state index in [1.807, 2.05) is 24.3 Å². The molecule has 0 spiro atoms. The molecule has 8 heteroatoms. The van der Waals surface area contributed by atoms with E-state index >= 15 is 0 Å². The lowest BCUT2D eigenvalue weighted by Crippen LogP contribution is -2.34. The molecule has 1 heterocycles. The Morgan fingerprint density at radius 2 is 1.93 bits per heavy atom. The van der Waals surface area contributed by atoms with Gasteiger partial charge in [0.2, 0.25) is 0 Å². The highest BCUT2D eigenvalue weighted by Gasteiger charge is 2.15. The summed E-state index contributed by atoms with van der Waals surface area (Å²) >= 11 is 5.26. The summed E-state index contributed by atoms with van der Waals surface area (Å²) in [7, 11) is 3.01. The second kappa shape index (κ2) is 9.22. The highest BCUT2D eigenvalue weighted by Crippen LogP contribution is 2.26. The van der Waals surface area contributed by atoms with Crippen LogP contribution in [-0.2, 0) is 6.61 Å². The largest absolute Gasteiger partial charge is 0.497 e. The zero-order valence-electron chi connectivity index (χ0n) is 15.9. The van der Waals surface area contributed by atoms with Gasteiger partial charge >= 0.3 is 0 Å². The predicted octanol–water partition coefficient (Wildman–Crippen LogP) is 3.58. The molecular weight excluding hydrogens is 392 g/mol. The Bertz CT molecular complexity index is 1030. The Balaban J connectivity index is 1.69. The summed E-state index contributed by atoms with van der Waals surface area (Å²) in [5.41, 5.74) is 1.82. The average molecular weight is 412 g/mol. The summed E-state index contributed by atoms with van der Waals surface area (Å²) in [6, 6.07) is 15.7. The average Bonchev–Trinajstić information content (AvgIpc) is 3.22. The molecule has 0 saturated heterocycles.